The number of benzene rings is 1. The highest BCUT2D eigenvalue weighted by molar-refractivity contribution is 6.30. The number of hydrogen-bond acceptors (Lipinski definition) is 2. The lowest BCUT2D eigenvalue weighted by atomic mass is 10.1. The summed E-state index contributed by atoms with van der Waals surface area (Å²) in [5.74, 6) is 0.853. The molecule has 0 heterocycles. The van der Waals surface area contributed by atoms with E-state index in [0.717, 1.165) is 35.9 Å². The maximum Gasteiger partial charge on any atom is 0.123 e. The minimum Gasteiger partial charge on any atom is -0.491 e. The number of halogens is 1. The lowest BCUT2D eigenvalue weighted by Gasteiger charge is -2.12. The van der Waals surface area contributed by atoms with Gasteiger partial charge in [0.25, 0.3) is 0 Å². The van der Waals surface area contributed by atoms with E-state index in [1.807, 2.05) is 24.3 Å². The van der Waals surface area contributed by atoms with E-state index in [1.54, 1.807) is 0 Å². The lowest BCUT2D eigenvalue weighted by Crippen LogP contribution is -3.06. The maximum absolute atomic E-state index is 5.97. The Labute approximate surface area is 120 Å². The van der Waals surface area contributed by atoms with Gasteiger partial charge in [-0.1, -0.05) is 17.7 Å². The highest BCUT2D eigenvalue weighted by Crippen LogP contribution is 2.23. The van der Waals surface area contributed by atoms with Crippen LogP contribution in [0.4, 0.5) is 0 Å². The van der Waals surface area contributed by atoms with Crippen molar-refractivity contribution in [3.8, 4) is 5.75 Å². The van der Waals surface area contributed by atoms with Crippen LogP contribution in [0, 0.1) is 0 Å². The van der Waals surface area contributed by atoms with Gasteiger partial charge in [0.15, 0.2) is 0 Å². The zero-order chi connectivity index (χ0) is 14.1. The van der Waals surface area contributed by atoms with Crippen molar-refractivity contribution < 1.29 is 14.4 Å². The molecule has 0 aliphatic rings. The van der Waals surface area contributed by atoms with Gasteiger partial charge in [-0.15, -0.1) is 6.58 Å². The van der Waals surface area contributed by atoms with Crippen molar-refractivity contribution in [3.05, 3.63) is 41.4 Å². The third-order valence-corrected chi connectivity index (χ3v) is 2.85. The van der Waals surface area contributed by atoms with E-state index >= 15 is 0 Å². The van der Waals surface area contributed by atoms with Gasteiger partial charge in [-0.25, -0.2) is 0 Å². The second-order valence-electron chi connectivity index (χ2n) is 4.66. The molecule has 4 heteroatoms. The summed E-state index contributed by atoms with van der Waals surface area (Å²) in [6, 6.07) is 5.64. The molecule has 1 aromatic rings. The first-order valence-corrected chi connectivity index (χ1v) is 6.90. The van der Waals surface area contributed by atoms with Crippen LogP contribution in [-0.2, 0) is 11.2 Å². The van der Waals surface area contributed by atoms with Gasteiger partial charge in [-0.05, 0) is 30.2 Å². The Morgan fingerprint density at radius 1 is 1.26 bits per heavy atom. The van der Waals surface area contributed by atoms with Crippen LogP contribution in [0.2, 0.25) is 5.02 Å². The number of ether oxygens (including phenoxy) is 2. The van der Waals surface area contributed by atoms with Gasteiger partial charge in [0.05, 0.1) is 27.3 Å². The summed E-state index contributed by atoms with van der Waals surface area (Å²) >= 11 is 5.97. The quantitative estimate of drug-likeness (QED) is 0.550. The number of rotatable bonds is 9. The minimum absolute atomic E-state index is 0.550. The van der Waals surface area contributed by atoms with Gasteiger partial charge in [-0.3, -0.25) is 0 Å². The Bertz CT molecular complexity index is 394. The van der Waals surface area contributed by atoms with Gasteiger partial charge >= 0.3 is 0 Å². The summed E-state index contributed by atoms with van der Waals surface area (Å²) < 4.78 is 11.2. The fourth-order valence-corrected chi connectivity index (χ4v) is 1.79. The highest BCUT2D eigenvalue weighted by atomic mass is 35.5. The van der Waals surface area contributed by atoms with E-state index in [2.05, 4.69) is 20.7 Å². The molecule has 0 radical (unpaired) electrons. The summed E-state index contributed by atoms with van der Waals surface area (Å²) in [4.78, 5) is 1.38. The predicted octanol–water partition coefficient (Wildman–Crippen LogP) is 1.61. The van der Waals surface area contributed by atoms with E-state index in [0.29, 0.717) is 13.2 Å². The largest absolute Gasteiger partial charge is 0.491 e. The molecule has 0 aliphatic carbocycles. The van der Waals surface area contributed by atoms with Gasteiger partial charge in [-0.2, -0.15) is 0 Å². The van der Waals surface area contributed by atoms with Crippen molar-refractivity contribution in [1.29, 1.82) is 0 Å². The summed E-state index contributed by atoms with van der Waals surface area (Å²) in [5, 5.41) is 0.717. The Kier molecular flexibility index (Phi) is 7.56. The van der Waals surface area contributed by atoms with Crippen LogP contribution in [0.3, 0.4) is 0 Å². The van der Waals surface area contributed by atoms with Crippen LogP contribution in [0.1, 0.15) is 5.56 Å². The zero-order valence-corrected chi connectivity index (χ0v) is 12.5. The molecule has 0 spiro atoms. The molecular weight excluding hydrogens is 262 g/mol. The zero-order valence-electron chi connectivity index (χ0n) is 11.7. The van der Waals surface area contributed by atoms with Crippen molar-refractivity contribution in [2.75, 3.05) is 40.5 Å². The van der Waals surface area contributed by atoms with E-state index < -0.39 is 0 Å². The van der Waals surface area contributed by atoms with Crippen molar-refractivity contribution in [2.45, 2.75) is 6.42 Å². The number of hydrogen-bond donors (Lipinski definition) is 1. The predicted molar refractivity (Wildman–Crippen MR) is 79.3 cm³/mol. The van der Waals surface area contributed by atoms with Crippen LogP contribution >= 0.6 is 11.6 Å². The first-order chi connectivity index (χ1) is 9.13. The van der Waals surface area contributed by atoms with Crippen molar-refractivity contribution >= 4 is 11.6 Å². The Morgan fingerprint density at radius 2 is 2.05 bits per heavy atom. The van der Waals surface area contributed by atoms with Crippen molar-refractivity contribution in [3.63, 3.8) is 0 Å². The second kappa shape index (κ2) is 8.97. The summed E-state index contributed by atoms with van der Waals surface area (Å²) in [6.45, 7) is 6.65. The topological polar surface area (TPSA) is 22.9 Å². The fourth-order valence-electron chi connectivity index (χ4n) is 1.59. The fraction of sp³-hybridized carbons (Fsp3) is 0.467. The molecule has 1 N–H and O–H groups in total. The number of likely N-dealkylation sites (N-methyl/N-ethyl adjacent to an activating group) is 1. The molecule has 0 unspecified atom stereocenters. The molecule has 0 aromatic heterocycles. The summed E-state index contributed by atoms with van der Waals surface area (Å²) in [7, 11) is 4.21. The molecule has 0 bridgehead atoms. The summed E-state index contributed by atoms with van der Waals surface area (Å²) in [6.07, 6.45) is 2.59. The second-order valence-corrected chi connectivity index (χ2v) is 5.10. The van der Waals surface area contributed by atoms with Gasteiger partial charge in [0.2, 0.25) is 0 Å². The van der Waals surface area contributed by atoms with Crippen LogP contribution in [0.15, 0.2) is 30.9 Å². The third kappa shape index (κ3) is 6.62. The van der Waals surface area contributed by atoms with Gasteiger partial charge < -0.3 is 14.4 Å². The number of nitrogens with one attached hydrogen (secondary N) is 1. The van der Waals surface area contributed by atoms with E-state index in [1.165, 1.54) is 4.90 Å². The average molecular weight is 285 g/mol. The van der Waals surface area contributed by atoms with E-state index in [-0.39, 0.29) is 0 Å². The number of allylic oxidation sites excluding steroid dienone is 1. The molecule has 19 heavy (non-hydrogen) atoms. The number of quaternary nitrogens is 1. The lowest BCUT2D eigenvalue weighted by molar-refractivity contribution is -0.858. The smallest absolute Gasteiger partial charge is 0.123 e. The first-order valence-electron chi connectivity index (χ1n) is 6.52. The molecule has 0 aliphatic heterocycles. The molecule has 1 rings (SSSR count). The standard InChI is InChI=1S/C15H22ClNO2/c1-4-5-13-12-14(16)6-7-15(13)19-11-10-18-9-8-17(2)3/h4,6-7,12H,1,5,8-11H2,2-3H3/p+1. The molecular formula is C15H23ClNO2+. The Balaban J connectivity index is 2.34. The molecule has 3 nitrogen and oxygen atoms in total. The Hall–Kier alpha value is -1.03. The van der Waals surface area contributed by atoms with Crippen LogP contribution in [0.25, 0.3) is 0 Å². The monoisotopic (exact) mass is 284 g/mol. The Morgan fingerprint density at radius 3 is 2.74 bits per heavy atom. The third-order valence-electron chi connectivity index (χ3n) is 2.62. The van der Waals surface area contributed by atoms with Crippen molar-refractivity contribution in [1.82, 2.24) is 0 Å². The van der Waals surface area contributed by atoms with Gasteiger partial charge in [0, 0.05) is 5.02 Å². The average Bonchev–Trinajstić information content (AvgIpc) is 2.36. The molecule has 106 valence electrons. The molecule has 0 atom stereocenters. The molecule has 0 saturated carbocycles. The highest BCUT2D eigenvalue weighted by Gasteiger charge is 2.03. The normalized spacial score (nSPS) is 10.7. The van der Waals surface area contributed by atoms with E-state index in [4.69, 9.17) is 21.1 Å². The van der Waals surface area contributed by atoms with Crippen LogP contribution in [-0.4, -0.2) is 40.5 Å². The molecule has 0 saturated heterocycles. The molecule has 0 amide bonds. The molecule has 1 aromatic carbocycles. The summed E-state index contributed by atoms with van der Waals surface area (Å²) in [5.41, 5.74) is 1.06. The van der Waals surface area contributed by atoms with Crippen molar-refractivity contribution in [2.24, 2.45) is 0 Å². The van der Waals surface area contributed by atoms with E-state index in [9.17, 15) is 0 Å². The van der Waals surface area contributed by atoms with Crippen LogP contribution < -0.4 is 9.64 Å². The van der Waals surface area contributed by atoms with Crippen LogP contribution in [0.5, 0.6) is 5.75 Å². The maximum atomic E-state index is 5.97. The SMILES string of the molecule is C=CCc1cc(Cl)ccc1OCCOCC[NH+](C)C. The first kappa shape index (κ1) is 16.0. The minimum atomic E-state index is 0.550. The molecule has 0 fully saturated rings. The van der Waals surface area contributed by atoms with Gasteiger partial charge in [0.1, 0.15) is 18.9 Å².